The van der Waals surface area contributed by atoms with Crippen molar-refractivity contribution in [1.29, 1.82) is 0 Å². The Hall–Kier alpha value is -1.58. The molecule has 0 bridgehead atoms. The van der Waals surface area contributed by atoms with E-state index >= 15 is 0 Å². The Morgan fingerprint density at radius 2 is 1.68 bits per heavy atom. The van der Waals surface area contributed by atoms with E-state index in [0.717, 1.165) is 13.2 Å². The summed E-state index contributed by atoms with van der Waals surface area (Å²) in [5, 5.41) is 2.77. The van der Waals surface area contributed by atoms with Gasteiger partial charge in [-0.1, -0.05) is 55.4 Å². The average Bonchev–Trinajstić information content (AvgIpc) is 3.00. The standard InChI is InChI=1S/C22H28NOSi/c1-2-25(22-14-7-8-16-24-22)17-9-15-23-20-12-5-3-10-18(20)19-11-4-6-13-21(19)23/h3-6,10-13,22H,2,7-9,14-17H2,1H3. The summed E-state index contributed by atoms with van der Waals surface area (Å²) in [6.07, 6.45) is 5.20. The van der Waals surface area contributed by atoms with Crippen LogP contribution in [0.1, 0.15) is 32.6 Å². The van der Waals surface area contributed by atoms with Crippen LogP contribution in [0.4, 0.5) is 0 Å². The number of hydrogen-bond acceptors (Lipinski definition) is 1. The smallest absolute Gasteiger partial charge is 0.0845 e. The summed E-state index contributed by atoms with van der Waals surface area (Å²) in [6, 6.07) is 20.4. The number of rotatable bonds is 6. The summed E-state index contributed by atoms with van der Waals surface area (Å²) in [5.41, 5.74) is 3.35. The topological polar surface area (TPSA) is 14.2 Å². The van der Waals surface area contributed by atoms with Crippen LogP contribution >= 0.6 is 0 Å². The molecule has 131 valence electrons. The molecule has 1 aliphatic heterocycles. The zero-order chi connectivity index (χ0) is 17.1. The summed E-state index contributed by atoms with van der Waals surface area (Å²) in [6.45, 7) is 4.48. The van der Waals surface area contributed by atoms with Crippen LogP contribution in [0.5, 0.6) is 0 Å². The van der Waals surface area contributed by atoms with Gasteiger partial charge in [0.1, 0.15) is 0 Å². The van der Waals surface area contributed by atoms with Crippen LogP contribution in [0.2, 0.25) is 12.1 Å². The second-order valence-electron chi connectivity index (χ2n) is 7.16. The van der Waals surface area contributed by atoms with Crippen LogP contribution in [-0.4, -0.2) is 25.7 Å². The van der Waals surface area contributed by atoms with E-state index in [0.29, 0.717) is 5.73 Å². The highest BCUT2D eigenvalue weighted by molar-refractivity contribution is 6.60. The molecule has 1 radical (unpaired) electrons. The monoisotopic (exact) mass is 350 g/mol. The molecule has 1 unspecified atom stereocenters. The number of aryl methyl sites for hydroxylation is 1. The second kappa shape index (κ2) is 7.75. The van der Waals surface area contributed by atoms with Gasteiger partial charge in [0.05, 0.1) is 8.80 Å². The van der Waals surface area contributed by atoms with Gasteiger partial charge in [0.15, 0.2) is 0 Å². The maximum atomic E-state index is 6.10. The van der Waals surface area contributed by atoms with Gasteiger partial charge in [-0.15, -0.1) is 0 Å². The molecule has 1 atom stereocenters. The van der Waals surface area contributed by atoms with Crippen molar-refractivity contribution in [2.24, 2.45) is 0 Å². The largest absolute Gasteiger partial charge is 0.382 e. The van der Waals surface area contributed by atoms with E-state index in [2.05, 4.69) is 60.0 Å². The number of nitrogens with zero attached hydrogens (tertiary/aromatic N) is 1. The van der Waals surface area contributed by atoms with Gasteiger partial charge in [-0.2, -0.15) is 0 Å². The molecular weight excluding hydrogens is 322 g/mol. The molecule has 0 amide bonds. The summed E-state index contributed by atoms with van der Waals surface area (Å²) in [5.74, 6) is 0. The van der Waals surface area contributed by atoms with E-state index in [1.54, 1.807) is 0 Å². The van der Waals surface area contributed by atoms with Gasteiger partial charge in [0, 0.05) is 40.7 Å². The molecule has 1 aliphatic rings. The summed E-state index contributed by atoms with van der Waals surface area (Å²) < 4.78 is 8.63. The molecule has 0 aliphatic carbocycles. The van der Waals surface area contributed by atoms with Crippen LogP contribution in [-0.2, 0) is 11.3 Å². The maximum absolute atomic E-state index is 6.10. The number of hydrogen-bond donors (Lipinski definition) is 0. The number of para-hydroxylation sites is 2. The number of fused-ring (bicyclic) bond motifs is 3. The Balaban J connectivity index is 1.52. The quantitative estimate of drug-likeness (QED) is 0.512. The molecule has 2 heterocycles. The molecule has 3 aromatic rings. The van der Waals surface area contributed by atoms with E-state index in [1.807, 2.05) is 0 Å². The molecule has 0 saturated carbocycles. The second-order valence-corrected chi connectivity index (χ2v) is 10.3. The zero-order valence-electron chi connectivity index (χ0n) is 15.2. The van der Waals surface area contributed by atoms with Crippen molar-refractivity contribution in [1.82, 2.24) is 4.57 Å². The van der Waals surface area contributed by atoms with Gasteiger partial charge < -0.3 is 9.30 Å². The molecule has 0 spiro atoms. The Morgan fingerprint density at radius 1 is 1.00 bits per heavy atom. The normalized spacial score (nSPS) is 18.4. The predicted molar refractivity (Wildman–Crippen MR) is 109 cm³/mol. The van der Waals surface area contributed by atoms with Crippen LogP contribution in [0.15, 0.2) is 48.5 Å². The zero-order valence-corrected chi connectivity index (χ0v) is 16.2. The van der Waals surface area contributed by atoms with Crippen molar-refractivity contribution in [3.63, 3.8) is 0 Å². The Morgan fingerprint density at radius 3 is 2.28 bits per heavy atom. The minimum absolute atomic E-state index is 0.378. The Kier molecular flexibility index (Phi) is 5.23. The van der Waals surface area contributed by atoms with E-state index in [4.69, 9.17) is 4.74 Å². The van der Waals surface area contributed by atoms with Gasteiger partial charge in [0.25, 0.3) is 0 Å². The first-order chi connectivity index (χ1) is 12.4. The fraction of sp³-hybridized carbons (Fsp3) is 0.455. The molecule has 2 aromatic carbocycles. The molecule has 1 aromatic heterocycles. The predicted octanol–water partition coefficient (Wildman–Crippen LogP) is 5.81. The molecule has 4 rings (SSSR count). The molecule has 1 fully saturated rings. The van der Waals surface area contributed by atoms with Crippen molar-refractivity contribution >= 4 is 30.6 Å². The van der Waals surface area contributed by atoms with Crippen LogP contribution in [0.25, 0.3) is 21.8 Å². The highest BCUT2D eigenvalue weighted by Gasteiger charge is 2.24. The van der Waals surface area contributed by atoms with Crippen molar-refractivity contribution in [2.45, 2.75) is 57.0 Å². The fourth-order valence-electron chi connectivity index (χ4n) is 4.34. The first kappa shape index (κ1) is 16.9. The number of benzene rings is 2. The SMILES string of the molecule is CC[Si](CCCn1c2ccccc2c2ccccc21)C1CCCCO1. The van der Waals surface area contributed by atoms with Gasteiger partial charge in [0.2, 0.25) is 0 Å². The lowest BCUT2D eigenvalue weighted by Crippen LogP contribution is -2.35. The first-order valence-electron chi connectivity index (χ1n) is 9.80. The Labute approximate surface area is 152 Å². The molecule has 1 saturated heterocycles. The van der Waals surface area contributed by atoms with E-state index < -0.39 is 0 Å². The third kappa shape index (κ3) is 3.40. The maximum Gasteiger partial charge on any atom is 0.0845 e. The first-order valence-corrected chi connectivity index (χ1v) is 11.8. The van der Waals surface area contributed by atoms with Gasteiger partial charge >= 0.3 is 0 Å². The average molecular weight is 351 g/mol. The Bertz CT molecular complexity index is 781. The number of aromatic nitrogens is 1. The summed E-state index contributed by atoms with van der Waals surface area (Å²) >= 11 is 0. The van der Waals surface area contributed by atoms with E-state index in [9.17, 15) is 0 Å². The number of ether oxygens (including phenoxy) is 1. The highest BCUT2D eigenvalue weighted by Crippen LogP contribution is 2.29. The highest BCUT2D eigenvalue weighted by atomic mass is 28.3. The molecule has 3 heteroatoms. The van der Waals surface area contributed by atoms with Crippen LogP contribution in [0, 0.1) is 0 Å². The van der Waals surface area contributed by atoms with Gasteiger partial charge in [-0.25, -0.2) is 0 Å². The molecule has 25 heavy (non-hydrogen) atoms. The molecule has 0 N–H and O–H groups in total. The third-order valence-corrected chi connectivity index (χ3v) is 8.92. The minimum atomic E-state index is -0.378. The minimum Gasteiger partial charge on any atom is -0.382 e. The van der Waals surface area contributed by atoms with Crippen molar-refractivity contribution in [3.8, 4) is 0 Å². The van der Waals surface area contributed by atoms with Crippen LogP contribution < -0.4 is 0 Å². The molecular formula is C22H28NOSi. The fourth-order valence-corrected chi connectivity index (χ4v) is 7.05. The van der Waals surface area contributed by atoms with Gasteiger partial charge in [-0.05, 0) is 37.8 Å². The lowest BCUT2D eigenvalue weighted by molar-refractivity contribution is 0.0620. The van der Waals surface area contributed by atoms with Crippen molar-refractivity contribution < 1.29 is 4.74 Å². The van der Waals surface area contributed by atoms with Gasteiger partial charge in [-0.3, -0.25) is 0 Å². The summed E-state index contributed by atoms with van der Waals surface area (Å²) in [7, 11) is -0.378. The van der Waals surface area contributed by atoms with E-state index in [-0.39, 0.29) is 8.80 Å². The van der Waals surface area contributed by atoms with Crippen molar-refractivity contribution in [3.05, 3.63) is 48.5 Å². The lowest BCUT2D eigenvalue weighted by Gasteiger charge is -2.28. The lowest BCUT2D eigenvalue weighted by atomic mass is 10.2. The van der Waals surface area contributed by atoms with E-state index in [1.165, 1.54) is 59.6 Å². The third-order valence-electron chi connectivity index (χ3n) is 5.65. The molecule has 2 nitrogen and oxygen atoms in total. The van der Waals surface area contributed by atoms with Crippen molar-refractivity contribution in [2.75, 3.05) is 6.61 Å². The summed E-state index contributed by atoms with van der Waals surface area (Å²) in [4.78, 5) is 0. The van der Waals surface area contributed by atoms with Crippen LogP contribution in [0.3, 0.4) is 0 Å².